The Kier molecular flexibility index (Phi) is 4.70. The van der Waals surface area contributed by atoms with Crippen molar-refractivity contribution in [3.8, 4) is 6.07 Å². The molecule has 0 atom stereocenters. The van der Waals surface area contributed by atoms with E-state index in [1.807, 2.05) is 43.3 Å². The SMILES string of the molecule is C=COC(=O)/C(C#N)=C/c1ccc(N(C)C)cc1. The molecule has 0 aliphatic rings. The average Bonchev–Trinajstić information content (AvgIpc) is 2.36. The van der Waals surface area contributed by atoms with Crippen LogP contribution in [0.15, 0.2) is 42.7 Å². The molecule has 0 aliphatic carbocycles. The first kappa shape index (κ1) is 13.5. The van der Waals surface area contributed by atoms with Crippen LogP contribution in [0.5, 0.6) is 0 Å². The summed E-state index contributed by atoms with van der Waals surface area (Å²) in [4.78, 5) is 13.3. The number of hydrogen-bond donors (Lipinski definition) is 0. The van der Waals surface area contributed by atoms with Gasteiger partial charge in [0.1, 0.15) is 11.6 Å². The van der Waals surface area contributed by atoms with E-state index in [1.54, 1.807) is 6.07 Å². The number of hydrogen-bond acceptors (Lipinski definition) is 4. The number of nitrogens with zero attached hydrogens (tertiary/aromatic N) is 2. The Morgan fingerprint density at radius 1 is 1.39 bits per heavy atom. The van der Waals surface area contributed by atoms with Crippen LogP contribution in [0.25, 0.3) is 6.08 Å². The second kappa shape index (κ2) is 6.26. The molecule has 0 bridgehead atoms. The second-order valence-electron chi connectivity index (χ2n) is 3.73. The molecule has 0 heterocycles. The molecule has 0 aromatic heterocycles. The number of carbonyl (C=O) groups excluding carboxylic acids is 1. The molecular formula is C14H14N2O2. The van der Waals surface area contributed by atoms with Crippen molar-refractivity contribution in [2.75, 3.05) is 19.0 Å². The Morgan fingerprint density at radius 2 is 2.00 bits per heavy atom. The Hall–Kier alpha value is -2.54. The molecule has 0 unspecified atom stereocenters. The summed E-state index contributed by atoms with van der Waals surface area (Å²) < 4.78 is 4.56. The number of anilines is 1. The van der Waals surface area contributed by atoms with E-state index < -0.39 is 5.97 Å². The highest BCUT2D eigenvalue weighted by Gasteiger charge is 2.09. The van der Waals surface area contributed by atoms with Gasteiger partial charge in [-0.25, -0.2) is 4.79 Å². The number of esters is 1. The topological polar surface area (TPSA) is 53.3 Å². The predicted molar refractivity (Wildman–Crippen MR) is 70.6 cm³/mol. The maximum atomic E-state index is 11.4. The first-order valence-electron chi connectivity index (χ1n) is 5.29. The normalized spacial score (nSPS) is 10.4. The van der Waals surface area contributed by atoms with E-state index in [9.17, 15) is 4.79 Å². The molecular weight excluding hydrogens is 228 g/mol. The van der Waals surface area contributed by atoms with Gasteiger partial charge >= 0.3 is 5.97 Å². The van der Waals surface area contributed by atoms with Gasteiger partial charge < -0.3 is 9.64 Å². The van der Waals surface area contributed by atoms with Crippen molar-refractivity contribution in [2.24, 2.45) is 0 Å². The van der Waals surface area contributed by atoms with Gasteiger partial charge in [0.25, 0.3) is 0 Å². The number of benzene rings is 1. The summed E-state index contributed by atoms with van der Waals surface area (Å²) in [6.45, 7) is 3.27. The lowest BCUT2D eigenvalue weighted by Crippen LogP contribution is -2.08. The summed E-state index contributed by atoms with van der Waals surface area (Å²) in [5.41, 5.74) is 1.74. The van der Waals surface area contributed by atoms with E-state index in [0.29, 0.717) is 0 Å². The molecule has 0 fully saturated rings. The molecule has 1 rings (SSSR count). The van der Waals surface area contributed by atoms with Crippen LogP contribution in [0.4, 0.5) is 5.69 Å². The smallest absolute Gasteiger partial charge is 0.353 e. The quantitative estimate of drug-likeness (QED) is 0.352. The van der Waals surface area contributed by atoms with Gasteiger partial charge in [0, 0.05) is 19.8 Å². The lowest BCUT2D eigenvalue weighted by atomic mass is 10.1. The van der Waals surface area contributed by atoms with Crippen molar-refractivity contribution in [3.05, 3.63) is 48.2 Å². The molecule has 0 N–H and O–H groups in total. The maximum Gasteiger partial charge on any atom is 0.353 e. The van der Waals surface area contributed by atoms with E-state index in [-0.39, 0.29) is 5.57 Å². The molecule has 0 amide bonds. The first-order valence-corrected chi connectivity index (χ1v) is 5.29. The van der Waals surface area contributed by atoms with E-state index in [2.05, 4.69) is 11.3 Å². The lowest BCUT2D eigenvalue weighted by molar-refractivity contribution is -0.133. The largest absolute Gasteiger partial charge is 0.431 e. The van der Waals surface area contributed by atoms with Crippen molar-refractivity contribution in [3.63, 3.8) is 0 Å². The Bertz CT molecular complexity index is 508. The van der Waals surface area contributed by atoms with Gasteiger partial charge in [0.05, 0.1) is 6.26 Å². The molecule has 1 aromatic rings. The Labute approximate surface area is 106 Å². The molecule has 0 saturated carbocycles. The zero-order valence-corrected chi connectivity index (χ0v) is 10.4. The third-order valence-corrected chi connectivity index (χ3v) is 2.25. The predicted octanol–water partition coefficient (Wildman–Crippen LogP) is 2.35. The summed E-state index contributed by atoms with van der Waals surface area (Å²) in [7, 11) is 3.88. The van der Waals surface area contributed by atoms with Gasteiger partial charge in [0.2, 0.25) is 0 Å². The fourth-order valence-corrected chi connectivity index (χ4v) is 1.31. The number of ether oxygens (including phenoxy) is 1. The Balaban J connectivity index is 2.96. The van der Waals surface area contributed by atoms with Gasteiger partial charge in [-0.3, -0.25) is 0 Å². The summed E-state index contributed by atoms with van der Waals surface area (Å²) in [5.74, 6) is -0.704. The number of carbonyl (C=O) groups is 1. The molecule has 4 nitrogen and oxygen atoms in total. The van der Waals surface area contributed by atoms with Crippen molar-refractivity contribution in [1.82, 2.24) is 0 Å². The average molecular weight is 242 g/mol. The van der Waals surface area contributed by atoms with Gasteiger partial charge in [-0.1, -0.05) is 18.7 Å². The lowest BCUT2D eigenvalue weighted by Gasteiger charge is -2.11. The highest BCUT2D eigenvalue weighted by atomic mass is 16.5. The minimum absolute atomic E-state index is 0.0625. The minimum Gasteiger partial charge on any atom is -0.431 e. The number of nitriles is 1. The standard InChI is InChI=1S/C14H14N2O2/c1-4-18-14(17)12(10-15)9-11-5-7-13(8-6-11)16(2)3/h4-9H,1H2,2-3H3/b12-9+. The summed E-state index contributed by atoms with van der Waals surface area (Å²) in [6, 6.07) is 9.26. The molecule has 0 radical (unpaired) electrons. The van der Waals surface area contributed by atoms with Crippen LogP contribution in [0, 0.1) is 11.3 Å². The molecule has 92 valence electrons. The molecule has 1 aromatic carbocycles. The van der Waals surface area contributed by atoms with Crippen molar-refractivity contribution >= 4 is 17.7 Å². The minimum atomic E-state index is -0.704. The summed E-state index contributed by atoms with van der Waals surface area (Å²) in [5, 5.41) is 8.87. The van der Waals surface area contributed by atoms with Crippen molar-refractivity contribution < 1.29 is 9.53 Å². The van der Waals surface area contributed by atoms with Gasteiger partial charge in [-0.15, -0.1) is 0 Å². The summed E-state index contributed by atoms with van der Waals surface area (Å²) >= 11 is 0. The van der Waals surface area contributed by atoms with Crippen LogP contribution in [-0.2, 0) is 9.53 Å². The van der Waals surface area contributed by atoms with E-state index in [0.717, 1.165) is 17.5 Å². The van der Waals surface area contributed by atoms with Crippen LogP contribution in [0.1, 0.15) is 5.56 Å². The maximum absolute atomic E-state index is 11.4. The second-order valence-corrected chi connectivity index (χ2v) is 3.73. The fraction of sp³-hybridized carbons (Fsp3) is 0.143. The van der Waals surface area contributed by atoms with Crippen LogP contribution >= 0.6 is 0 Å². The highest BCUT2D eigenvalue weighted by Crippen LogP contribution is 2.14. The van der Waals surface area contributed by atoms with Crippen LogP contribution in [-0.4, -0.2) is 20.1 Å². The Morgan fingerprint density at radius 3 is 2.44 bits per heavy atom. The third kappa shape index (κ3) is 3.49. The zero-order valence-electron chi connectivity index (χ0n) is 10.4. The van der Waals surface area contributed by atoms with E-state index in [1.165, 1.54) is 6.08 Å². The first-order chi connectivity index (χ1) is 8.58. The van der Waals surface area contributed by atoms with Crippen LogP contribution < -0.4 is 4.90 Å². The van der Waals surface area contributed by atoms with Crippen molar-refractivity contribution in [2.45, 2.75) is 0 Å². The van der Waals surface area contributed by atoms with Gasteiger partial charge in [-0.2, -0.15) is 5.26 Å². The summed E-state index contributed by atoms with van der Waals surface area (Å²) in [6.07, 6.45) is 2.48. The zero-order chi connectivity index (χ0) is 13.5. The molecule has 0 spiro atoms. The highest BCUT2D eigenvalue weighted by molar-refractivity contribution is 5.98. The van der Waals surface area contributed by atoms with Crippen LogP contribution in [0.2, 0.25) is 0 Å². The fourth-order valence-electron chi connectivity index (χ4n) is 1.31. The molecule has 0 aliphatic heterocycles. The van der Waals surface area contributed by atoms with Crippen molar-refractivity contribution in [1.29, 1.82) is 5.26 Å². The van der Waals surface area contributed by atoms with Crippen LogP contribution in [0.3, 0.4) is 0 Å². The van der Waals surface area contributed by atoms with E-state index in [4.69, 9.17) is 5.26 Å². The van der Waals surface area contributed by atoms with E-state index >= 15 is 0 Å². The number of rotatable bonds is 4. The monoisotopic (exact) mass is 242 g/mol. The molecule has 0 saturated heterocycles. The molecule has 18 heavy (non-hydrogen) atoms. The van der Waals surface area contributed by atoms with Gasteiger partial charge in [-0.05, 0) is 23.8 Å². The molecule has 4 heteroatoms. The third-order valence-electron chi connectivity index (χ3n) is 2.25. The van der Waals surface area contributed by atoms with Gasteiger partial charge in [0.15, 0.2) is 0 Å².